The molecule has 1 atom stereocenters. The van der Waals surface area contributed by atoms with Gasteiger partial charge in [-0.05, 0) is 61.6 Å². The molecule has 3 rings (SSSR count). The molecule has 0 spiro atoms. The molecule has 26 heavy (non-hydrogen) atoms. The Morgan fingerprint density at radius 1 is 1.15 bits per heavy atom. The number of ether oxygens (including phenoxy) is 3. The van der Waals surface area contributed by atoms with Crippen molar-refractivity contribution in [3.63, 3.8) is 0 Å². The van der Waals surface area contributed by atoms with Gasteiger partial charge in [-0.25, -0.2) is 0 Å². The van der Waals surface area contributed by atoms with E-state index in [2.05, 4.69) is 13.0 Å². The van der Waals surface area contributed by atoms with Crippen molar-refractivity contribution in [1.29, 1.82) is 0 Å². The summed E-state index contributed by atoms with van der Waals surface area (Å²) in [7, 11) is 1.61. The molecule has 4 heteroatoms. The minimum atomic E-state index is -0.355. The third-order valence-corrected chi connectivity index (χ3v) is 4.59. The summed E-state index contributed by atoms with van der Waals surface area (Å²) in [5.74, 6) is 1.99. The van der Waals surface area contributed by atoms with Crippen LogP contribution in [0.25, 0.3) is 6.08 Å². The quantitative estimate of drug-likeness (QED) is 0.749. The number of phenolic OH excluding ortho intramolecular Hbond substituents is 1. The summed E-state index contributed by atoms with van der Waals surface area (Å²) in [6.07, 6.45) is 4.61. The van der Waals surface area contributed by atoms with Gasteiger partial charge in [0.15, 0.2) is 6.79 Å². The highest BCUT2D eigenvalue weighted by Crippen LogP contribution is 2.40. The van der Waals surface area contributed by atoms with E-state index in [0.717, 1.165) is 28.2 Å². The molecule has 0 aliphatic carbocycles. The molecule has 0 bridgehead atoms. The Kier molecular flexibility index (Phi) is 5.23. The standard InChI is InChI=1S/C22H26O4/c1-15(17-7-5-6-8-19(17)25-14-24-4)13-16-9-10-20-18(21(16)23)11-12-22(2,3)26-20/h5-12,15,23H,13-14H2,1-4H3. The van der Waals surface area contributed by atoms with Crippen molar-refractivity contribution in [3.8, 4) is 17.2 Å². The van der Waals surface area contributed by atoms with Crippen LogP contribution >= 0.6 is 0 Å². The maximum Gasteiger partial charge on any atom is 0.188 e. The van der Waals surface area contributed by atoms with Crippen LogP contribution < -0.4 is 9.47 Å². The highest BCUT2D eigenvalue weighted by Gasteiger charge is 2.25. The Morgan fingerprint density at radius 3 is 2.69 bits per heavy atom. The SMILES string of the molecule is COCOc1ccccc1C(C)Cc1ccc2c(c1O)C=CC(C)(C)O2. The summed E-state index contributed by atoms with van der Waals surface area (Å²) in [6, 6.07) is 11.8. The molecule has 0 amide bonds. The Labute approximate surface area is 155 Å². The van der Waals surface area contributed by atoms with Gasteiger partial charge in [-0.3, -0.25) is 0 Å². The lowest BCUT2D eigenvalue weighted by atomic mass is 9.90. The minimum Gasteiger partial charge on any atom is -0.507 e. The van der Waals surface area contributed by atoms with E-state index in [1.165, 1.54) is 0 Å². The summed E-state index contributed by atoms with van der Waals surface area (Å²) in [6.45, 7) is 6.34. The molecule has 1 aliphatic heterocycles. The molecule has 0 fully saturated rings. The molecule has 1 aliphatic rings. The van der Waals surface area contributed by atoms with Crippen molar-refractivity contribution >= 4 is 6.08 Å². The third-order valence-electron chi connectivity index (χ3n) is 4.59. The smallest absolute Gasteiger partial charge is 0.188 e. The Balaban J connectivity index is 1.84. The van der Waals surface area contributed by atoms with E-state index in [1.54, 1.807) is 7.11 Å². The van der Waals surface area contributed by atoms with Crippen molar-refractivity contribution in [2.45, 2.75) is 38.7 Å². The van der Waals surface area contributed by atoms with Crippen molar-refractivity contribution in [2.24, 2.45) is 0 Å². The van der Waals surface area contributed by atoms with Crippen molar-refractivity contribution in [3.05, 3.63) is 59.2 Å². The van der Waals surface area contributed by atoms with Crippen LogP contribution in [0.3, 0.4) is 0 Å². The average Bonchev–Trinajstić information content (AvgIpc) is 2.61. The van der Waals surface area contributed by atoms with Crippen LogP contribution in [-0.4, -0.2) is 24.6 Å². The predicted octanol–water partition coefficient (Wildman–Crippen LogP) is 4.91. The first-order valence-corrected chi connectivity index (χ1v) is 8.85. The lowest BCUT2D eigenvalue weighted by molar-refractivity contribution is 0.0502. The fraction of sp³-hybridized carbons (Fsp3) is 0.364. The number of para-hydroxylation sites is 1. The van der Waals surface area contributed by atoms with Crippen molar-refractivity contribution < 1.29 is 19.3 Å². The number of benzene rings is 2. The number of phenols is 1. The average molecular weight is 354 g/mol. The summed E-state index contributed by atoms with van der Waals surface area (Å²) in [5, 5.41) is 10.7. The molecule has 0 saturated heterocycles. The van der Waals surface area contributed by atoms with E-state index >= 15 is 0 Å². The number of rotatable bonds is 6. The van der Waals surface area contributed by atoms with E-state index < -0.39 is 0 Å². The molecule has 1 heterocycles. The zero-order valence-electron chi connectivity index (χ0n) is 15.8. The number of hydrogen-bond acceptors (Lipinski definition) is 4. The molecular weight excluding hydrogens is 328 g/mol. The molecule has 2 aromatic rings. The van der Waals surface area contributed by atoms with Gasteiger partial charge in [0.2, 0.25) is 0 Å². The highest BCUT2D eigenvalue weighted by molar-refractivity contribution is 5.68. The van der Waals surface area contributed by atoms with E-state index in [0.29, 0.717) is 6.42 Å². The first kappa shape index (κ1) is 18.3. The van der Waals surface area contributed by atoms with E-state index in [9.17, 15) is 5.11 Å². The van der Waals surface area contributed by atoms with Crippen LogP contribution in [0.15, 0.2) is 42.5 Å². The van der Waals surface area contributed by atoms with E-state index in [1.807, 2.05) is 56.3 Å². The fourth-order valence-electron chi connectivity index (χ4n) is 3.23. The second kappa shape index (κ2) is 7.42. The molecule has 1 unspecified atom stereocenters. The predicted molar refractivity (Wildman–Crippen MR) is 103 cm³/mol. The Hall–Kier alpha value is -2.46. The zero-order valence-corrected chi connectivity index (χ0v) is 15.8. The van der Waals surface area contributed by atoms with E-state index in [4.69, 9.17) is 14.2 Å². The molecular formula is C22H26O4. The van der Waals surface area contributed by atoms with Crippen LogP contribution in [0, 0.1) is 0 Å². The summed E-state index contributed by atoms with van der Waals surface area (Å²) >= 11 is 0. The largest absolute Gasteiger partial charge is 0.507 e. The van der Waals surface area contributed by atoms with Crippen molar-refractivity contribution in [1.82, 2.24) is 0 Å². The second-order valence-corrected chi connectivity index (χ2v) is 7.22. The maximum atomic E-state index is 10.7. The first-order valence-electron chi connectivity index (χ1n) is 8.85. The first-order chi connectivity index (χ1) is 12.4. The fourth-order valence-corrected chi connectivity index (χ4v) is 3.23. The number of aromatic hydroxyl groups is 1. The third kappa shape index (κ3) is 3.86. The normalized spacial score (nSPS) is 15.8. The lowest BCUT2D eigenvalue weighted by Crippen LogP contribution is -2.27. The molecule has 0 radical (unpaired) electrons. The summed E-state index contributed by atoms with van der Waals surface area (Å²) in [5.41, 5.74) is 2.38. The van der Waals surface area contributed by atoms with Gasteiger partial charge >= 0.3 is 0 Å². The molecule has 0 saturated carbocycles. The summed E-state index contributed by atoms with van der Waals surface area (Å²) in [4.78, 5) is 0. The lowest BCUT2D eigenvalue weighted by Gasteiger charge is -2.28. The van der Waals surface area contributed by atoms with Gasteiger partial charge in [0.1, 0.15) is 22.8 Å². The van der Waals surface area contributed by atoms with Crippen molar-refractivity contribution in [2.75, 3.05) is 13.9 Å². The topological polar surface area (TPSA) is 47.9 Å². The Morgan fingerprint density at radius 2 is 1.92 bits per heavy atom. The van der Waals surface area contributed by atoms with Crippen LogP contribution in [-0.2, 0) is 11.2 Å². The molecule has 1 N–H and O–H groups in total. The second-order valence-electron chi connectivity index (χ2n) is 7.22. The summed E-state index contributed by atoms with van der Waals surface area (Å²) < 4.78 is 16.6. The molecule has 4 nitrogen and oxygen atoms in total. The van der Waals surface area contributed by atoms with Gasteiger partial charge in [0.25, 0.3) is 0 Å². The van der Waals surface area contributed by atoms with Gasteiger partial charge in [-0.15, -0.1) is 0 Å². The maximum absolute atomic E-state index is 10.7. The molecule has 2 aromatic carbocycles. The van der Waals surface area contributed by atoms with Gasteiger partial charge < -0.3 is 19.3 Å². The molecule has 0 aromatic heterocycles. The van der Waals surface area contributed by atoms with Gasteiger partial charge in [0, 0.05) is 7.11 Å². The number of hydrogen-bond donors (Lipinski definition) is 1. The Bertz CT molecular complexity index is 808. The van der Waals surface area contributed by atoms with E-state index in [-0.39, 0.29) is 24.1 Å². The number of fused-ring (bicyclic) bond motifs is 1. The molecule has 138 valence electrons. The van der Waals surface area contributed by atoms with Gasteiger partial charge in [-0.2, -0.15) is 0 Å². The monoisotopic (exact) mass is 354 g/mol. The zero-order chi connectivity index (χ0) is 18.7. The number of methoxy groups -OCH3 is 1. The van der Waals surface area contributed by atoms with Crippen LogP contribution in [0.5, 0.6) is 17.2 Å². The van der Waals surface area contributed by atoms with Crippen LogP contribution in [0.1, 0.15) is 43.4 Å². The van der Waals surface area contributed by atoms with Crippen LogP contribution in [0.4, 0.5) is 0 Å². The minimum absolute atomic E-state index is 0.178. The van der Waals surface area contributed by atoms with Gasteiger partial charge in [0.05, 0.1) is 5.56 Å². The highest BCUT2D eigenvalue weighted by atomic mass is 16.7. The van der Waals surface area contributed by atoms with Gasteiger partial charge in [-0.1, -0.05) is 31.2 Å². The van der Waals surface area contributed by atoms with Crippen LogP contribution in [0.2, 0.25) is 0 Å².